The van der Waals surface area contributed by atoms with Crippen LogP contribution in [-0.4, -0.2) is 15.8 Å². The van der Waals surface area contributed by atoms with E-state index in [0.717, 1.165) is 19.4 Å². The summed E-state index contributed by atoms with van der Waals surface area (Å²) in [5, 5.41) is 4.31. The van der Waals surface area contributed by atoms with Crippen molar-refractivity contribution in [3.05, 3.63) is 18.0 Å². The van der Waals surface area contributed by atoms with Gasteiger partial charge in [0.1, 0.15) is 0 Å². The highest BCUT2D eigenvalue weighted by Gasteiger charge is 2.19. The van der Waals surface area contributed by atoms with Crippen molar-refractivity contribution in [2.75, 3.05) is 0 Å². The van der Waals surface area contributed by atoms with Gasteiger partial charge in [-0.1, -0.05) is 27.7 Å². The molecule has 0 aliphatic rings. The van der Waals surface area contributed by atoms with Gasteiger partial charge in [0.05, 0.1) is 6.20 Å². The van der Waals surface area contributed by atoms with E-state index in [1.807, 2.05) is 10.9 Å². The molecule has 0 saturated carbocycles. The van der Waals surface area contributed by atoms with E-state index < -0.39 is 0 Å². The molecule has 0 aliphatic heterocycles. The van der Waals surface area contributed by atoms with Crippen LogP contribution in [0.5, 0.6) is 0 Å². The zero-order chi connectivity index (χ0) is 14.5. The summed E-state index contributed by atoms with van der Waals surface area (Å²) in [5.74, 6) is 6.36. The van der Waals surface area contributed by atoms with E-state index in [0.29, 0.717) is 17.4 Å². The van der Waals surface area contributed by atoms with Crippen LogP contribution in [0.15, 0.2) is 12.4 Å². The Bertz CT molecular complexity index is 364. The molecular formula is C15H30N4. The van der Waals surface area contributed by atoms with Gasteiger partial charge in [-0.25, -0.2) is 0 Å². The Morgan fingerprint density at radius 2 is 2.11 bits per heavy atom. The lowest BCUT2D eigenvalue weighted by molar-refractivity contribution is 0.274. The van der Waals surface area contributed by atoms with Gasteiger partial charge in [0.15, 0.2) is 0 Å². The Labute approximate surface area is 117 Å². The molecule has 0 saturated heterocycles. The summed E-state index contributed by atoms with van der Waals surface area (Å²) in [6, 6.07) is 0.326. The number of hydrogen-bond acceptors (Lipinski definition) is 3. The minimum atomic E-state index is 0.326. The van der Waals surface area contributed by atoms with Gasteiger partial charge in [-0.05, 0) is 43.1 Å². The molecule has 0 amide bonds. The van der Waals surface area contributed by atoms with Crippen LogP contribution in [-0.2, 0) is 13.0 Å². The monoisotopic (exact) mass is 266 g/mol. The second-order valence-electron chi connectivity index (χ2n) is 6.88. The maximum absolute atomic E-state index is 5.69. The standard InChI is InChI=1S/C15H30N4/c1-6-19-11-13(10-17-19)8-14(18-16)7-12(2)9-15(3,4)5/h10-12,14,18H,6-9,16H2,1-5H3. The molecule has 2 unspecified atom stereocenters. The van der Waals surface area contributed by atoms with Gasteiger partial charge < -0.3 is 0 Å². The molecule has 19 heavy (non-hydrogen) atoms. The highest BCUT2D eigenvalue weighted by molar-refractivity contribution is 5.06. The predicted molar refractivity (Wildman–Crippen MR) is 80.6 cm³/mol. The van der Waals surface area contributed by atoms with Crippen LogP contribution in [0.4, 0.5) is 0 Å². The summed E-state index contributed by atoms with van der Waals surface area (Å²) in [6.45, 7) is 12.2. The Morgan fingerprint density at radius 3 is 2.58 bits per heavy atom. The van der Waals surface area contributed by atoms with Crippen molar-refractivity contribution in [2.24, 2.45) is 17.2 Å². The molecule has 3 N–H and O–H groups in total. The summed E-state index contributed by atoms with van der Waals surface area (Å²) in [6.07, 6.45) is 7.33. The average Bonchev–Trinajstić information content (AvgIpc) is 2.73. The largest absolute Gasteiger partial charge is 0.273 e. The third-order valence-electron chi connectivity index (χ3n) is 3.38. The van der Waals surface area contributed by atoms with Gasteiger partial charge in [-0.15, -0.1) is 0 Å². The molecule has 2 atom stereocenters. The van der Waals surface area contributed by atoms with Gasteiger partial charge in [0.25, 0.3) is 0 Å². The number of nitrogens with two attached hydrogens (primary N) is 1. The van der Waals surface area contributed by atoms with Gasteiger partial charge in [-0.3, -0.25) is 16.0 Å². The number of aryl methyl sites for hydroxylation is 1. The summed E-state index contributed by atoms with van der Waals surface area (Å²) < 4.78 is 1.96. The normalized spacial score (nSPS) is 15.5. The Balaban J connectivity index is 2.49. The van der Waals surface area contributed by atoms with E-state index >= 15 is 0 Å². The molecule has 1 heterocycles. The van der Waals surface area contributed by atoms with Crippen molar-refractivity contribution in [3.8, 4) is 0 Å². The van der Waals surface area contributed by atoms with Crippen LogP contribution in [0.3, 0.4) is 0 Å². The van der Waals surface area contributed by atoms with Gasteiger partial charge >= 0.3 is 0 Å². The molecule has 0 radical (unpaired) electrons. The molecule has 0 bridgehead atoms. The third kappa shape index (κ3) is 6.21. The summed E-state index contributed by atoms with van der Waals surface area (Å²) >= 11 is 0. The minimum absolute atomic E-state index is 0.326. The molecule has 110 valence electrons. The minimum Gasteiger partial charge on any atom is -0.273 e. The van der Waals surface area contributed by atoms with Crippen LogP contribution in [0.25, 0.3) is 0 Å². The number of rotatable bonds is 7. The SMILES string of the molecule is CCn1cc(CC(CC(C)CC(C)(C)C)NN)cn1. The van der Waals surface area contributed by atoms with Crippen molar-refractivity contribution in [2.45, 2.75) is 66.5 Å². The summed E-state index contributed by atoms with van der Waals surface area (Å²) in [4.78, 5) is 0. The molecule has 0 fully saturated rings. The highest BCUT2D eigenvalue weighted by Crippen LogP contribution is 2.27. The Morgan fingerprint density at radius 1 is 1.42 bits per heavy atom. The predicted octanol–water partition coefficient (Wildman–Crippen LogP) is 2.74. The Hall–Kier alpha value is -0.870. The molecule has 4 heteroatoms. The maximum atomic E-state index is 5.69. The molecule has 0 aliphatic carbocycles. The third-order valence-corrected chi connectivity index (χ3v) is 3.38. The van der Waals surface area contributed by atoms with Gasteiger partial charge in [-0.2, -0.15) is 5.10 Å². The lowest BCUT2D eigenvalue weighted by atomic mass is 9.82. The van der Waals surface area contributed by atoms with Crippen molar-refractivity contribution in [1.82, 2.24) is 15.2 Å². The zero-order valence-electron chi connectivity index (χ0n) is 13.1. The van der Waals surface area contributed by atoms with Crippen LogP contribution >= 0.6 is 0 Å². The van der Waals surface area contributed by atoms with E-state index in [1.165, 1.54) is 12.0 Å². The second kappa shape index (κ2) is 7.06. The lowest BCUT2D eigenvalue weighted by Crippen LogP contribution is -2.38. The van der Waals surface area contributed by atoms with E-state index in [-0.39, 0.29) is 0 Å². The fourth-order valence-electron chi connectivity index (χ4n) is 2.79. The topological polar surface area (TPSA) is 55.9 Å². The smallest absolute Gasteiger partial charge is 0.0522 e. The number of hydrazine groups is 1. The molecule has 1 aromatic rings. The first-order valence-electron chi connectivity index (χ1n) is 7.31. The van der Waals surface area contributed by atoms with Crippen molar-refractivity contribution in [1.29, 1.82) is 0 Å². The Kier molecular flexibility index (Phi) is 6.01. The van der Waals surface area contributed by atoms with E-state index in [1.54, 1.807) is 0 Å². The number of aromatic nitrogens is 2. The summed E-state index contributed by atoms with van der Waals surface area (Å²) in [5.41, 5.74) is 4.60. The highest BCUT2D eigenvalue weighted by atomic mass is 15.3. The fourth-order valence-corrected chi connectivity index (χ4v) is 2.79. The van der Waals surface area contributed by atoms with E-state index in [9.17, 15) is 0 Å². The van der Waals surface area contributed by atoms with Gasteiger partial charge in [0.2, 0.25) is 0 Å². The van der Waals surface area contributed by atoms with Crippen molar-refractivity contribution >= 4 is 0 Å². The molecule has 1 rings (SSSR count). The number of hydrogen-bond donors (Lipinski definition) is 2. The quantitative estimate of drug-likeness (QED) is 0.589. The van der Waals surface area contributed by atoms with E-state index in [2.05, 4.69) is 51.3 Å². The number of nitrogens with zero attached hydrogens (tertiary/aromatic N) is 2. The maximum Gasteiger partial charge on any atom is 0.0522 e. The van der Waals surface area contributed by atoms with Crippen molar-refractivity contribution in [3.63, 3.8) is 0 Å². The number of nitrogens with one attached hydrogen (secondary N) is 1. The van der Waals surface area contributed by atoms with Crippen molar-refractivity contribution < 1.29 is 0 Å². The van der Waals surface area contributed by atoms with Crippen LogP contribution in [0.2, 0.25) is 0 Å². The average molecular weight is 266 g/mol. The van der Waals surface area contributed by atoms with Crippen LogP contribution in [0.1, 0.15) is 53.0 Å². The lowest BCUT2D eigenvalue weighted by Gasteiger charge is -2.26. The van der Waals surface area contributed by atoms with E-state index in [4.69, 9.17) is 5.84 Å². The first kappa shape index (κ1) is 16.2. The van der Waals surface area contributed by atoms with Crippen LogP contribution < -0.4 is 11.3 Å². The van der Waals surface area contributed by atoms with Gasteiger partial charge in [0, 0.05) is 18.8 Å². The molecule has 0 spiro atoms. The zero-order valence-corrected chi connectivity index (χ0v) is 13.1. The van der Waals surface area contributed by atoms with Crippen LogP contribution in [0, 0.1) is 11.3 Å². The molecule has 1 aromatic heterocycles. The molecule has 4 nitrogen and oxygen atoms in total. The fraction of sp³-hybridized carbons (Fsp3) is 0.800. The first-order chi connectivity index (χ1) is 8.84. The molecular weight excluding hydrogens is 236 g/mol. The molecule has 0 aromatic carbocycles. The second-order valence-corrected chi connectivity index (χ2v) is 6.88. The summed E-state index contributed by atoms with van der Waals surface area (Å²) in [7, 11) is 0. The first-order valence-corrected chi connectivity index (χ1v) is 7.31.